The minimum Gasteiger partial charge on any atom is -0.406 e. The van der Waals surface area contributed by atoms with Crippen LogP contribution in [-0.2, 0) is 11.4 Å². The van der Waals surface area contributed by atoms with Crippen LogP contribution in [0.3, 0.4) is 0 Å². The van der Waals surface area contributed by atoms with Crippen molar-refractivity contribution in [2.45, 2.75) is 19.8 Å². The molecule has 0 bridgehead atoms. The van der Waals surface area contributed by atoms with Crippen LogP contribution in [0.15, 0.2) is 64.7 Å². The standard InChI is InChI=1S/C26H27F3N6O3/c1-18-14-22(16-31-24(33-37-2)20-6-8-23(9-7-20)38-26(27,28)29)32-35(18)17-19-4-3-5-21(15-19)25(36)34-12-10-30-11-13-34/h3-9,14-16,30H,10-13,17H2,1-2H3/b31-16?,33-24-. The molecular formula is C26H27F3N6O3. The number of nitrogens with zero attached hydrogens (tertiary/aromatic N) is 5. The smallest absolute Gasteiger partial charge is 0.406 e. The Hall–Kier alpha value is -4.19. The summed E-state index contributed by atoms with van der Waals surface area (Å²) in [4.78, 5) is 23.9. The summed E-state index contributed by atoms with van der Waals surface area (Å²) in [5, 5.41) is 11.7. The molecule has 4 rings (SSSR count). The number of carbonyl (C=O) groups excluding carboxylic acids is 1. The quantitative estimate of drug-likeness (QED) is 0.287. The number of alkyl halides is 3. The van der Waals surface area contributed by atoms with Crippen LogP contribution >= 0.6 is 0 Å². The van der Waals surface area contributed by atoms with Crippen molar-refractivity contribution in [1.29, 1.82) is 0 Å². The summed E-state index contributed by atoms with van der Waals surface area (Å²) in [7, 11) is 1.34. The molecule has 3 aromatic rings. The van der Waals surface area contributed by atoms with Gasteiger partial charge >= 0.3 is 6.36 Å². The average molecular weight is 529 g/mol. The number of hydrogen-bond donors (Lipinski definition) is 1. The zero-order valence-electron chi connectivity index (χ0n) is 20.9. The number of benzene rings is 2. The van der Waals surface area contributed by atoms with Crippen molar-refractivity contribution in [1.82, 2.24) is 20.0 Å². The number of aryl methyl sites for hydroxylation is 1. The van der Waals surface area contributed by atoms with Gasteiger partial charge in [-0.2, -0.15) is 5.10 Å². The molecule has 1 amide bonds. The number of oxime groups is 1. The SMILES string of the molecule is CO/N=C(\N=Cc1cc(C)n(Cc2cccc(C(=O)N3CCNCC3)c2)n1)c1ccc(OC(F)(F)F)cc1. The first-order valence-electron chi connectivity index (χ1n) is 11.9. The Bertz CT molecular complexity index is 1310. The normalized spacial score (nSPS) is 14.7. The predicted molar refractivity (Wildman–Crippen MR) is 136 cm³/mol. The molecule has 2 heterocycles. The van der Waals surface area contributed by atoms with Gasteiger partial charge in [0.2, 0.25) is 0 Å². The van der Waals surface area contributed by atoms with Gasteiger partial charge in [0.25, 0.3) is 5.91 Å². The maximum atomic E-state index is 12.9. The van der Waals surface area contributed by atoms with Crippen LogP contribution in [-0.4, -0.2) is 72.3 Å². The van der Waals surface area contributed by atoms with Crippen LogP contribution in [0.2, 0.25) is 0 Å². The first kappa shape index (κ1) is 26.9. The monoisotopic (exact) mass is 528 g/mol. The van der Waals surface area contributed by atoms with E-state index in [0.29, 0.717) is 36.5 Å². The number of halogens is 3. The van der Waals surface area contributed by atoms with Gasteiger partial charge in [0, 0.05) is 43.0 Å². The number of amidine groups is 1. The maximum Gasteiger partial charge on any atom is 0.573 e. The summed E-state index contributed by atoms with van der Waals surface area (Å²) in [5.74, 6) is -0.186. The van der Waals surface area contributed by atoms with Crippen LogP contribution in [0.4, 0.5) is 13.2 Å². The van der Waals surface area contributed by atoms with Crippen LogP contribution < -0.4 is 10.1 Å². The summed E-state index contributed by atoms with van der Waals surface area (Å²) in [6.07, 6.45) is -3.28. The number of amides is 1. The number of aliphatic imine (C=N–C) groups is 1. The van der Waals surface area contributed by atoms with E-state index in [9.17, 15) is 18.0 Å². The van der Waals surface area contributed by atoms with Crippen molar-refractivity contribution in [3.63, 3.8) is 0 Å². The number of hydrogen-bond acceptors (Lipinski definition) is 6. The zero-order valence-corrected chi connectivity index (χ0v) is 20.9. The number of rotatable bonds is 7. The van der Waals surface area contributed by atoms with Crippen molar-refractivity contribution in [2.24, 2.45) is 10.1 Å². The summed E-state index contributed by atoms with van der Waals surface area (Å²) >= 11 is 0. The van der Waals surface area contributed by atoms with Gasteiger partial charge in [-0.25, -0.2) is 4.99 Å². The third-order valence-corrected chi connectivity index (χ3v) is 5.75. The first-order chi connectivity index (χ1) is 18.2. The lowest BCUT2D eigenvalue weighted by Gasteiger charge is -2.27. The minimum absolute atomic E-state index is 0.0151. The number of nitrogens with one attached hydrogen (secondary N) is 1. The summed E-state index contributed by atoms with van der Waals surface area (Å²) in [6, 6.07) is 14.5. The van der Waals surface area contributed by atoms with Gasteiger partial charge in [-0.15, -0.1) is 13.2 Å². The molecule has 0 atom stereocenters. The van der Waals surface area contributed by atoms with Gasteiger partial charge in [-0.3, -0.25) is 9.48 Å². The topological polar surface area (TPSA) is 93.3 Å². The number of piperazine rings is 1. The van der Waals surface area contributed by atoms with Crippen molar-refractivity contribution < 1.29 is 27.5 Å². The van der Waals surface area contributed by atoms with E-state index < -0.39 is 6.36 Å². The average Bonchev–Trinajstić information content (AvgIpc) is 3.25. The van der Waals surface area contributed by atoms with E-state index in [1.807, 2.05) is 42.2 Å². The van der Waals surface area contributed by atoms with E-state index in [4.69, 9.17) is 4.84 Å². The molecule has 12 heteroatoms. The fraction of sp³-hybridized carbons (Fsp3) is 0.308. The lowest BCUT2D eigenvalue weighted by molar-refractivity contribution is -0.274. The van der Waals surface area contributed by atoms with Crippen molar-refractivity contribution in [3.8, 4) is 5.75 Å². The van der Waals surface area contributed by atoms with Gasteiger partial charge in [-0.05, 0) is 55.0 Å². The minimum atomic E-state index is -4.78. The Kier molecular flexibility index (Phi) is 8.41. The Morgan fingerprint density at radius 3 is 2.53 bits per heavy atom. The Balaban J connectivity index is 1.46. The Morgan fingerprint density at radius 2 is 1.84 bits per heavy atom. The molecule has 1 aromatic heterocycles. The third-order valence-electron chi connectivity index (χ3n) is 5.75. The number of carbonyl (C=O) groups is 1. The van der Waals surface area contributed by atoms with Gasteiger partial charge in [0.1, 0.15) is 18.6 Å². The summed E-state index contributed by atoms with van der Waals surface area (Å²) < 4.78 is 42.9. The molecule has 1 saturated heterocycles. The lowest BCUT2D eigenvalue weighted by atomic mass is 10.1. The first-order valence-corrected chi connectivity index (χ1v) is 11.9. The molecule has 38 heavy (non-hydrogen) atoms. The zero-order chi connectivity index (χ0) is 27.1. The molecule has 9 nitrogen and oxygen atoms in total. The second-order valence-corrected chi connectivity index (χ2v) is 8.54. The third kappa shape index (κ3) is 7.19. The Morgan fingerprint density at radius 1 is 1.11 bits per heavy atom. The van der Waals surface area contributed by atoms with Crippen molar-refractivity contribution >= 4 is 18.0 Å². The van der Waals surface area contributed by atoms with Gasteiger partial charge in [0.15, 0.2) is 5.84 Å². The van der Waals surface area contributed by atoms with E-state index in [1.165, 1.54) is 37.6 Å². The molecular weight excluding hydrogens is 501 g/mol. The highest BCUT2D eigenvalue weighted by molar-refractivity contribution is 6.04. The van der Waals surface area contributed by atoms with Crippen LogP contribution in [0.5, 0.6) is 5.75 Å². The predicted octanol–water partition coefficient (Wildman–Crippen LogP) is 3.61. The molecule has 0 radical (unpaired) electrons. The second kappa shape index (κ2) is 11.9. The molecule has 0 spiro atoms. The number of aromatic nitrogens is 2. The van der Waals surface area contributed by atoms with E-state index in [2.05, 4.69) is 25.3 Å². The van der Waals surface area contributed by atoms with E-state index >= 15 is 0 Å². The van der Waals surface area contributed by atoms with E-state index in [0.717, 1.165) is 24.3 Å². The molecule has 0 unspecified atom stereocenters. The molecule has 0 saturated carbocycles. The fourth-order valence-corrected chi connectivity index (χ4v) is 3.96. The summed E-state index contributed by atoms with van der Waals surface area (Å²) in [6.45, 7) is 5.31. The van der Waals surface area contributed by atoms with Crippen LogP contribution in [0.25, 0.3) is 0 Å². The van der Waals surface area contributed by atoms with Crippen molar-refractivity contribution in [2.75, 3.05) is 33.3 Å². The highest BCUT2D eigenvalue weighted by Crippen LogP contribution is 2.23. The second-order valence-electron chi connectivity index (χ2n) is 8.54. The molecule has 1 aliphatic heterocycles. The largest absolute Gasteiger partial charge is 0.573 e. The van der Waals surface area contributed by atoms with Gasteiger partial charge in [-0.1, -0.05) is 17.3 Å². The highest BCUT2D eigenvalue weighted by atomic mass is 19.4. The molecule has 1 aliphatic rings. The van der Waals surface area contributed by atoms with Gasteiger partial charge in [0.05, 0.1) is 12.8 Å². The Labute approximate surface area is 217 Å². The number of ether oxygens (including phenoxy) is 1. The van der Waals surface area contributed by atoms with Crippen molar-refractivity contribution in [3.05, 3.63) is 82.7 Å². The molecule has 1 N–H and O–H groups in total. The van der Waals surface area contributed by atoms with E-state index in [1.54, 1.807) is 4.68 Å². The maximum absolute atomic E-state index is 12.9. The lowest BCUT2D eigenvalue weighted by Crippen LogP contribution is -2.46. The van der Waals surface area contributed by atoms with Crippen LogP contribution in [0.1, 0.15) is 32.9 Å². The highest BCUT2D eigenvalue weighted by Gasteiger charge is 2.31. The molecule has 1 fully saturated rings. The van der Waals surface area contributed by atoms with Gasteiger partial charge < -0.3 is 19.8 Å². The summed E-state index contributed by atoms with van der Waals surface area (Å²) in [5.41, 5.74) is 3.44. The van der Waals surface area contributed by atoms with Crippen LogP contribution in [0, 0.1) is 6.92 Å². The van der Waals surface area contributed by atoms with E-state index in [-0.39, 0.29) is 17.5 Å². The molecule has 0 aliphatic carbocycles. The molecule has 2 aromatic carbocycles. The molecule has 200 valence electrons. The fourth-order valence-electron chi connectivity index (χ4n) is 3.96.